The van der Waals surface area contributed by atoms with Crippen LogP contribution in [0.4, 0.5) is 0 Å². The van der Waals surface area contributed by atoms with Gasteiger partial charge in [0.05, 0.1) is 19.8 Å². The van der Waals surface area contributed by atoms with Crippen LogP contribution in [0, 0.1) is 0 Å². The van der Waals surface area contributed by atoms with E-state index in [1.54, 1.807) is 25.2 Å². The van der Waals surface area contributed by atoms with Crippen LogP contribution in [0.5, 0.6) is 11.5 Å². The first-order valence-electron chi connectivity index (χ1n) is 7.65. The number of furan rings is 1. The molecule has 1 aliphatic heterocycles. The molecule has 0 radical (unpaired) electrons. The van der Waals surface area contributed by atoms with Gasteiger partial charge >= 0.3 is 0 Å². The molecule has 0 N–H and O–H groups in total. The Balaban J connectivity index is 1.93. The molecule has 1 fully saturated rings. The summed E-state index contributed by atoms with van der Waals surface area (Å²) < 4.78 is 22.2. The van der Waals surface area contributed by atoms with Crippen molar-refractivity contribution in [2.45, 2.75) is 6.92 Å². The van der Waals surface area contributed by atoms with Crippen molar-refractivity contribution >= 4 is 40.7 Å². The second kappa shape index (κ2) is 7.25. The molecule has 0 bridgehead atoms. The van der Waals surface area contributed by atoms with Crippen LogP contribution in [0.25, 0.3) is 17.4 Å². The summed E-state index contributed by atoms with van der Waals surface area (Å²) in [7, 11) is 3.19. The molecule has 0 spiro atoms. The first kappa shape index (κ1) is 17.4. The molecule has 0 saturated carbocycles. The number of hydrogen-bond acceptors (Lipinski definition) is 6. The number of thiocarbonyl (C=S) groups is 2. The summed E-state index contributed by atoms with van der Waals surface area (Å²) in [6.45, 7) is 2.63. The average molecular weight is 375 g/mol. The summed E-state index contributed by atoms with van der Waals surface area (Å²) in [5.41, 5.74) is 0.798. The van der Waals surface area contributed by atoms with Gasteiger partial charge in [0.15, 0.2) is 22.2 Å². The molecule has 7 heteroatoms. The summed E-state index contributed by atoms with van der Waals surface area (Å²) in [5, 5.41) is 0.361. The second-order valence-electron chi connectivity index (χ2n) is 5.17. The molecule has 130 valence electrons. The zero-order chi connectivity index (χ0) is 18.0. The number of nitrogens with zero attached hydrogens (tertiary/aromatic N) is 1. The highest BCUT2D eigenvalue weighted by molar-refractivity contribution is 7.82. The third-order valence-electron chi connectivity index (χ3n) is 3.76. The molecule has 1 aromatic carbocycles. The number of benzene rings is 1. The summed E-state index contributed by atoms with van der Waals surface area (Å²) >= 11 is 10.5. The van der Waals surface area contributed by atoms with Crippen LogP contribution in [0.15, 0.2) is 40.5 Å². The third kappa shape index (κ3) is 3.25. The van der Waals surface area contributed by atoms with E-state index in [1.807, 2.05) is 37.3 Å². The van der Waals surface area contributed by atoms with E-state index < -0.39 is 0 Å². The van der Waals surface area contributed by atoms with Crippen LogP contribution in [0.1, 0.15) is 12.7 Å². The van der Waals surface area contributed by atoms with Gasteiger partial charge in [-0.05, 0) is 43.4 Å². The number of methoxy groups -OCH3 is 2. The minimum absolute atomic E-state index is 0.361. The van der Waals surface area contributed by atoms with Crippen molar-refractivity contribution in [3.8, 4) is 22.8 Å². The highest BCUT2D eigenvalue weighted by Crippen LogP contribution is 2.38. The lowest BCUT2D eigenvalue weighted by Gasteiger charge is -2.10. The van der Waals surface area contributed by atoms with Crippen molar-refractivity contribution in [3.05, 3.63) is 41.9 Å². The molecule has 25 heavy (non-hydrogen) atoms. The Kier molecular flexibility index (Phi) is 5.06. The predicted octanol–water partition coefficient (Wildman–Crippen LogP) is 4.27. The van der Waals surface area contributed by atoms with Gasteiger partial charge in [0.2, 0.25) is 0 Å². The molecule has 1 saturated heterocycles. The number of rotatable bonds is 5. The topological polar surface area (TPSA) is 44.1 Å². The third-order valence-corrected chi connectivity index (χ3v) is 4.48. The Bertz CT molecular complexity index is 857. The summed E-state index contributed by atoms with van der Waals surface area (Å²) in [5.74, 6) is 3.03. The first-order chi connectivity index (χ1) is 12.1. The SMILES string of the molecule is CCN1C(=S)O/C(=C/c2ccc(-c3cccc(OC)c3OC)o2)C1=S. The lowest BCUT2D eigenvalue weighted by atomic mass is 10.1. The molecular formula is C18H17NO4S2. The van der Waals surface area contributed by atoms with Gasteiger partial charge in [0.25, 0.3) is 5.17 Å². The van der Waals surface area contributed by atoms with E-state index in [0.29, 0.717) is 45.5 Å². The Morgan fingerprint density at radius 1 is 1.12 bits per heavy atom. The Labute approximate surface area is 156 Å². The minimum Gasteiger partial charge on any atom is -0.493 e. The van der Waals surface area contributed by atoms with Crippen molar-refractivity contribution < 1.29 is 18.6 Å². The number of likely N-dealkylation sites (N-methyl/N-ethyl adjacent to an activating group) is 1. The molecule has 0 amide bonds. The van der Waals surface area contributed by atoms with Crippen LogP contribution in [0.2, 0.25) is 0 Å². The zero-order valence-electron chi connectivity index (χ0n) is 14.1. The molecule has 0 unspecified atom stereocenters. The smallest absolute Gasteiger partial charge is 0.270 e. The standard InChI is InChI=1S/C18H17NO4S2/c1-4-19-17(24)15(23-18(19)25)10-11-8-9-13(22-11)12-6-5-7-14(20-2)16(12)21-3/h5-10H,4H2,1-3H3/b15-10+. The van der Waals surface area contributed by atoms with E-state index in [1.165, 1.54) is 0 Å². The maximum Gasteiger partial charge on any atom is 0.270 e. The number of para-hydroxylation sites is 1. The van der Waals surface area contributed by atoms with E-state index >= 15 is 0 Å². The van der Waals surface area contributed by atoms with Crippen LogP contribution < -0.4 is 9.47 Å². The molecule has 0 aliphatic carbocycles. The molecule has 5 nitrogen and oxygen atoms in total. The lowest BCUT2D eigenvalue weighted by Crippen LogP contribution is -2.26. The van der Waals surface area contributed by atoms with Gasteiger partial charge in [-0.3, -0.25) is 4.90 Å². The van der Waals surface area contributed by atoms with Crippen molar-refractivity contribution in [1.29, 1.82) is 0 Å². The maximum absolute atomic E-state index is 5.91. The zero-order valence-corrected chi connectivity index (χ0v) is 15.7. The fourth-order valence-electron chi connectivity index (χ4n) is 2.56. The van der Waals surface area contributed by atoms with E-state index in [0.717, 1.165) is 5.56 Å². The predicted molar refractivity (Wildman–Crippen MR) is 104 cm³/mol. The van der Waals surface area contributed by atoms with Crippen LogP contribution in [-0.2, 0) is 4.74 Å². The van der Waals surface area contributed by atoms with Crippen molar-refractivity contribution in [2.24, 2.45) is 0 Å². The Hall–Kier alpha value is -2.38. The van der Waals surface area contributed by atoms with Crippen LogP contribution in [-0.4, -0.2) is 35.8 Å². The van der Waals surface area contributed by atoms with E-state index in [4.69, 9.17) is 43.1 Å². The van der Waals surface area contributed by atoms with Crippen molar-refractivity contribution in [2.75, 3.05) is 20.8 Å². The fourth-order valence-corrected chi connectivity index (χ4v) is 3.24. The molecule has 2 aromatic rings. The summed E-state index contributed by atoms with van der Waals surface area (Å²) in [6.07, 6.45) is 1.74. The minimum atomic E-state index is 0.361. The fraction of sp³-hybridized carbons (Fsp3) is 0.222. The molecule has 1 aliphatic rings. The van der Waals surface area contributed by atoms with E-state index in [9.17, 15) is 0 Å². The Morgan fingerprint density at radius 2 is 1.92 bits per heavy atom. The van der Waals surface area contributed by atoms with E-state index in [-0.39, 0.29) is 0 Å². The molecule has 0 atom stereocenters. The van der Waals surface area contributed by atoms with Gasteiger partial charge in [-0.1, -0.05) is 18.3 Å². The molecule has 2 heterocycles. The summed E-state index contributed by atoms with van der Waals surface area (Å²) in [4.78, 5) is 2.32. The number of hydrogen-bond donors (Lipinski definition) is 0. The van der Waals surface area contributed by atoms with E-state index in [2.05, 4.69) is 0 Å². The molecule has 1 aromatic heterocycles. The molecule has 3 rings (SSSR count). The second-order valence-corrected chi connectivity index (χ2v) is 5.91. The maximum atomic E-state index is 5.91. The van der Waals surface area contributed by atoms with Crippen molar-refractivity contribution in [3.63, 3.8) is 0 Å². The highest BCUT2D eigenvalue weighted by Gasteiger charge is 2.28. The average Bonchev–Trinajstić information content (AvgIpc) is 3.19. The Morgan fingerprint density at radius 3 is 2.56 bits per heavy atom. The normalized spacial score (nSPS) is 15.6. The molecular weight excluding hydrogens is 358 g/mol. The first-order valence-corrected chi connectivity index (χ1v) is 8.47. The van der Waals surface area contributed by atoms with Gasteiger partial charge in [0, 0.05) is 12.6 Å². The van der Waals surface area contributed by atoms with Gasteiger partial charge in [0.1, 0.15) is 11.5 Å². The van der Waals surface area contributed by atoms with Crippen molar-refractivity contribution in [1.82, 2.24) is 4.90 Å². The monoisotopic (exact) mass is 375 g/mol. The quantitative estimate of drug-likeness (QED) is 0.571. The summed E-state index contributed by atoms with van der Waals surface area (Å²) in [6, 6.07) is 9.31. The largest absolute Gasteiger partial charge is 0.493 e. The highest BCUT2D eigenvalue weighted by atomic mass is 32.1. The van der Waals surface area contributed by atoms with Gasteiger partial charge in [-0.2, -0.15) is 0 Å². The van der Waals surface area contributed by atoms with Gasteiger partial charge in [-0.15, -0.1) is 0 Å². The number of ether oxygens (including phenoxy) is 3. The van der Waals surface area contributed by atoms with Gasteiger partial charge in [-0.25, -0.2) is 0 Å². The van der Waals surface area contributed by atoms with Crippen LogP contribution in [0.3, 0.4) is 0 Å². The lowest BCUT2D eigenvalue weighted by molar-refractivity contribution is 0.355. The van der Waals surface area contributed by atoms with Crippen LogP contribution >= 0.6 is 24.4 Å². The van der Waals surface area contributed by atoms with Gasteiger partial charge < -0.3 is 18.6 Å².